The van der Waals surface area contributed by atoms with E-state index in [0.717, 1.165) is 24.0 Å². The number of anilines is 2. The summed E-state index contributed by atoms with van der Waals surface area (Å²) in [5.74, 6) is 0.594. The van der Waals surface area contributed by atoms with Gasteiger partial charge in [0, 0.05) is 29.7 Å². The van der Waals surface area contributed by atoms with E-state index in [2.05, 4.69) is 55.1 Å². The molecule has 1 saturated carbocycles. The Morgan fingerprint density at radius 1 is 0.821 bits per heavy atom. The second-order valence-corrected chi connectivity index (χ2v) is 10.5. The highest BCUT2D eigenvalue weighted by Crippen LogP contribution is 2.38. The van der Waals surface area contributed by atoms with Gasteiger partial charge in [0.25, 0.3) is 11.8 Å². The van der Waals surface area contributed by atoms with Gasteiger partial charge in [-0.15, -0.1) is 0 Å². The maximum atomic E-state index is 13.8. The Labute approximate surface area is 230 Å². The molecule has 1 aliphatic carbocycles. The predicted octanol–water partition coefficient (Wildman–Crippen LogP) is 7.72. The molecule has 0 radical (unpaired) electrons. The summed E-state index contributed by atoms with van der Waals surface area (Å²) in [7, 11) is 0. The fourth-order valence-corrected chi connectivity index (χ4v) is 6.11. The van der Waals surface area contributed by atoms with Gasteiger partial charge in [0.2, 0.25) is 0 Å². The van der Waals surface area contributed by atoms with Gasteiger partial charge in [-0.3, -0.25) is 9.59 Å². The molecule has 1 aliphatic heterocycles. The molecule has 0 aromatic heterocycles. The molecule has 0 bridgehead atoms. The molecule has 0 saturated heterocycles. The van der Waals surface area contributed by atoms with Gasteiger partial charge in [0.15, 0.2) is 0 Å². The van der Waals surface area contributed by atoms with E-state index in [4.69, 9.17) is 4.74 Å². The summed E-state index contributed by atoms with van der Waals surface area (Å²) < 4.78 is 6.18. The molecule has 0 N–H and O–H groups in total. The van der Waals surface area contributed by atoms with Crippen LogP contribution in [-0.4, -0.2) is 24.9 Å². The molecule has 2 amide bonds. The normalized spacial score (nSPS) is 15.3. The second-order valence-electron chi connectivity index (χ2n) is 10.5. The molecule has 0 spiro atoms. The zero-order valence-corrected chi connectivity index (χ0v) is 22.7. The lowest BCUT2D eigenvalue weighted by molar-refractivity contribution is 0.0893. The number of imide groups is 1. The molecule has 4 aromatic rings. The van der Waals surface area contributed by atoms with E-state index in [0.29, 0.717) is 40.5 Å². The van der Waals surface area contributed by atoms with Gasteiger partial charge in [-0.05, 0) is 91.6 Å². The van der Waals surface area contributed by atoms with Crippen LogP contribution in [0, 0.1) is 0 Å². The van der Waals surface area contributed by atoms with Gasteiger partial charge in [-0.2, -0.15) is 0 Å². The number of nitrogens with zero attached hydrogens (tertiary/aromatic N) is 2. The molecule has 1 heterocycles. The van der Waals surface area contributed by atoms with E-state index in [1.54, 1.807) is 12.1 Å². The van der Waals surface area contributed by atoms with E-state index in [1.165, 1.54) is 41.8 Å². The van der Waals surface area contributed by atoms with Crippen molar-refractivity contribution in [2.24, 2.45) is 0 Å². The van der Waals surface area contributed by atoms with E-state index in [1.807, 2.05) is 30.3 Å². The van der Waals surface area contributed by atoms with Crippen molar-refractivity contribution in [3.05, 3.63) is 101 Å². The van der Waals surface area contributed by atoms with Crippen LogP contribution < -0.4 is 14.5 Å². The van der Waals surface area contributed by atoms with Crippen molar-refractivity contribution in [3.63, 3.8) is 0 Å². The molecule has 6 rings (SSSR count). The molecule has 0 atom stereocenters. The summed E-state index contributed by atoms with van der Waals surface area (Å²) in [4.78, 5) is 30.9. The Morgan fingerprint density at radius 3 is 2.21 bits per heavy atom. The lowest BCUT2D eigenvalue weighted by Crippen LogP contribution is -2.40. The van der Waals surface area contributed by atoms with Crippen molar-refractivity contribution in [1.29, 1.82) is 0 Å². The highest BCUT2D eigenvalue weighted by molar-refractivity contribution is 6.35. The van der Waals surface area contributed by atoms with Gasteiger partial charge < -0.3 is 9.64 Å². The summed E-state index contributed by atoms with van der Waals surface area (Å²) in [5, 5.41) is 1.53. The quantitative estimate of drug-likeness (QED) is 0.224. The number of benzene rings is 4. The minimum Gasteiger partial charge on any atom is -0.489 e. The first-order chi connectivity index (χ1) is 19.1. The zero-order chi connectivity index (χ0) is 26.9. The Morgan fingerprint density at radius 2 is 1.51 bits per heavy atom. The first kappa shape index (κ1) is 25.2. The van der Waals surface area contributed by atoms with Gasteiger partial charge in [-0.25, -0.2) is 4.90 Å². The number of hydrogen-bond donors (Lipinski definition) is 0. The number of amides is 2. The monoisotopic (exact) mass is 518 g/mol. The maximum absolute atomic E-state index is 13.8. The number of ether oxygens (including phenoxy) is 1. The Bertz CT molecular complexity index is 1520. The van der Waals surface area contributed by atoms with Crippen molar-refractivity contribution >= 4 is 34.0 Å². The summed E-state index contributed by atoms with van der Waals surface area (Å²) >= 11 is 0. The van der Waals surface area contributed by atoms with Gasteiger partial charge in [0.05, 0.1) is 11.3 Å². The van der Waals surface area contributed by atoms with Crippen LogP contribution in [0.1, 0.15) is 77.3 Å². The first-order valence-corrected chi connectivity index (χ1v) is 14.1. The van der Waals surface area contributed by atoms with E-state index in [9.17, 15) is 9.59 Å². The molecule has 5 nitrogen and oxygen atoms in total. The minimum absolute atomic E-state index is 0.284. The van der Waals surface area contributed by atoms with Crippen LogP contribution in [0.25, 0.3) is 10.8 Å². The van der Waals surface area contributed by atoms with Crippen LogP contribution in [0.15, 0.2) is 78.9 Å². The maximum Gasteiger partial charge on any atom is 0.266 e. The fraction of sp³-hybridized carbons (Fsp3) is 0.294. The van der Waals surface area contributed by atoms with Gasteiger partial charge in [-0.1, -0.05) is 49.2 Å². The van der Waals surface area contributed by atoms with Crippen LogP contribution in [0.2, 0.25) is 0 Å². The number of hydrogen-bond acceptors (Lipinski definition) is 4. The van der Waals surface area contributed by atoms with E-state index < -0.39 is 0 Å². The zero-order valence-electron chi connectivity index (χ0n) is 22.7. The molecular weight excluding hydrogens is 484 g/mol. The molecule has 2 aliphatic rings. The summed E-state index contributed by atoms with van der Waals surface area (Å²) in [6, 6.07) is 25.7. The smallest absolute Gasteiger partial charge is 0.266 e. The largest absolute Gasteiger partial charge is 0.489 e. The van der Waals surface area contributed by atoms with Crippen molar-refractivity contribution in [2.75, 3.05) is 22.9 Å². The van der Waals surface area contributed by atoms with Crippen molar-refractivity contribution in [1.82, 2.24) is 0 Å². The van der Waals surface area contributed by atoms with E-state index in [-0.39, 0.29) is 11.8 Å². The summed E-state index contributed by atoms with van der Waals surface area (Å²) in [6.07, 6.45) is 4.95. The standard InChI is InChI=1S/C34H34N2O3/c1-3-35(4-2)27-16-12-23(13-17-27)22-39-29-20-26-10-7-11-30-32(26)31(21-29)34(38)36(33(30)37)28-18-14-25(15-19-28)24-8-5-6-9-24/h7,10-21,24H,3-6,8-9,22H2,1-2H3. The Kier molecular flexibility index (Phi) is 6.82. The van der Waals surface area contributed by atoms with E-state index >= 15 is 0 Å². The Balaban J connectivity index is 1.28. The number of rotatable bonds is 8. The third kappa shape index (κ3) is 4.67. The van der Waals surface area contributed by atoms with Crippen molar-refractivity contribution < 1.29 is 14.3 Å². The highest BCUT2D eigenvalue weighted by Gasteiger charge is 2.34. The number of carbonyl (C=O) groups is 2. The average Bonchev–Trinajstić information content (AvgIpc) is 3.52. The van der Waals surface area contributed by atoms with Crippen LogP contribution in [0.4, 0.5) is 11.4 Å². The molecule has 39 heavy (non-hydrogen) atoms. The molecule has 1 fully saturated rings. The summed E-state index contributed by atoms with van der Waals surface area (Å²) in [6.45, 7) is 6.63. The predicted molar refractivity (Wildman–Crippen MR) is 157 cm³/mol. The lowest BCUT2D eigenvalue weighted by atomic mass is 9.93. The van der Waals surface area contributed by atoms with Gasteiger partial charge >= 0.3 is 0 Å². The van der Waals surface area contributed by atoms with Crippen LogP contribution in [0.3, 0.4) is 0 Å². The first-order valence-electron chi connectivity index (χ1n) is 14.1. The average molecular weight is 519 g/mol. The van der Waals surface area contributed by atoms with Crippen LogP contribution >= 0.6 is 0 Å². The van der Waals surface area contributed by atoms with Crippen molar-refractivity contribution in [2.45, 2.75) is 52.1 Å². The third-order valence-electron chi connectivity index (χ3n) is 8.27. The minimum atomic E-state index is -0.314. The number of carbonyl (C=O) groups excluding carboxylic acids is 2. The Hall–Kier alpha value is -4.12. The fourth-order valence-electron chi connectivity index (χ4n) is 6.11. The lowest BCUT2D eigenvalue weighted by Gasteiger charge is -2.28. The van der Waals surface area contributed by atoms with Crippen LogP contribution in [-0.2, 0) is 6.61 Å². The molecule has 198 valence electrons. The third-order valence-corrected chi connectivity index (χ3v) is 8.27. The summed E-state index contributed by atoms with van der Waals surface area (Å²) in [5.41, 5.74) is 5.18. The van der Waals surface area contributed by atoms with Crippen LogP contribution in [0.5, 0.6) is 5.75 Å². The SMILES string of the molecule is CCN(CC)c1ccc(COc2cc3c4c(cccc4c2)C(=O)N(c2ccc(C4CCCC4)cc2)C3=O)cc1. The molecular formula is C34H34N2O3. The highest BCUT2D eigenvalue weighted by atomic mass is 16.5. The van der Waals surface area contributed by atoms with Crippen molar-refractivity contribution in [3.8, 4) is 5.75 Å². The van der Waals surface area contributed by atoms with Gasteiger partial charge in [0.1, 0.15) is 12.4 Å². The molecule has 5 heteroatoms. The second kappa shape index (κ2) is 10.6. The topological polar surface area (TPSA) is 49.9 Å². The molecule has 4 aromatic carbocycles. The molecule has 0 unspecified atom stereocenters.